The molecule has 18 heavy (non-hydrogen) atoms. The van der Waals surface area contributed by atoms with E-state index in [0.717, 1.165) is 13.0 Å². The predicted molar refractivity (Wildman–Crippen MR) is 62.7 cm³/mol. The van der Waals surface area contributed by atoms with Gasteiger partial charge in [-0.05, 0) is 13.3 Å². The molecule has 0 saturated carbocycles. The lowest BCUT2D eigenvalue weighted by Crippen LogP contribution is -2.37. The lowest BCUT2D eigenvalue weighted by molar-refractivity contribution is -0.150. The summed E-state index contributed by atoms with van der Waals surface area (Å²) in [7, 11) is 0. The van der Waals surface area contributed by atoms with Crippen LogP contribution in [0.2, 0.25) is 0 Å². The van der Waals surface area contributed by atoms with Crippen LogP contribution in [0, 0.1) is 5.41 Å². The summed E-state index contributed by atoms with van der Waals surface area (Å²) in [4.78, 5) is 27.8. The van der Waals surface area contributed by atoms with E-state index in [2.05, 4.69) is 10.1 Å². The minimum absolute atomic E-state index is 0.156. The number of aromatic nitrogens is 3. The monoisotopic (exact) mass is 251 g/mol. The maximum atomic E-state index is 11.8. The standard InChI is InChI=1S/C12H17N3O3/c1-3-5-15-10(13-8-14-15)7-12(9(2)16)4-6-18-11(12)17/h8H,3-7H2,1-2H3. The molecule has 1 unspecified atom stereocenters. The van der Waals surface area contributed by atoms with Crippen LogP contribution in [0.4, 0.5) is 0 Å². The molecule has 1 saturated heterocycles. The molecule has 1 aromatic rings. The Morgan fingerprint density at radius 2 is 2.39 bits per heavy atom. The SMILES string of the molecule is CCCn1ncnc1CC1(C(C)=O)CCOC1=O. The van der Waals surface area contributed by atoms with Crippen LogP contribution >= 0.6 is 0 Å². The van der Waals surface area contributed by atoms with Crippen LogP contribution in [0.1, 0.15) is 32.5 Å². The van der Waals surface area contributed by atoms with Gasteiger partial charge in [0.25, 0.3) is 0 Å². The number of carbonyl (C=O) groups excluding carboxylic acids is 2. The van der Waals surface area contributed by atoms with Gasteiger partial charge in [0.2, 0.25) is 0 Å². The molecule has 0 spiro atoms. The minimum Gasteiger partial charge on any atom is -0.465 e. The Morgan fingerprint density at radius 3 is 2.94 bits per heavy atom. The first-order chi connectivity index (χ1) is 8.60. The molecule has 1 aromatic heterocycles. The van der Waals surface area contributed by atoms with Crippen LogP contribution in [-0.4, -0.2) is 33.1 Å². The van der Waals surface area contributed by atoms with Crippen molar-refractivity contribution in [1.82, 2.24) is 14.8 Å². The summed E-state index contributed by atoms with van der Waals surface area (Å²) in [6.45, 7) is 4.52. The van der Waals surface area contributed by atoms with Gasteiger partial charge >= 0.3 is 5.97 Å². The Labute approximate surface area is 105 Å². The molecule has 6 heteroatoms. The molecule has 0 bridgehead atoms. The summed E-state index contributed by atoms with van der Waals surface area (Å²) in [5.74, 6) is 0.0861. The quantitative estimate of drug-likeness (QED) is 0.570. The third-order valence-electron chi connectivity index (χ3n) is 3.42. The number of ether oxygens (including phenoxy) is 1. The smallest absolute Gasteiger partial charge is 0.320 e. The topological polar surface area (TPSA) is 74.1 Å². The molecule has 0 amide bonds. The first kappa shape index (κ1) is 12.7. The van der Waals surface area contributed by atoms with Gasteiger partial charge in [-0.25, -0.2) is 4.98 Å². The zero-order valence-corrected chi connectivity index (χ0v) is 10.7. The summed E-state index contributed by atoms with van der Waals surface area (Å²) < 4.78 is 6.71. The van der Waals surface area contributed by atoms with Crippen molar-refractivity contribution in [3.05, 3.63) is 12.2 Å². The van der Waals surface area contributed by atoms with Crippen molar-refractivity contribution >= 4 is 11.8 Å². The van der Waals surface area contributed by atoms with Crippen LogP contribution < -0.4 is 0 Å². The van der Waals surface area contributed by atoms with Gasteiger partial charge in [0.05, 0.1) is 6.61 Å². The fraction of sp³-hybridized carbons (Fsp3) is 0.667. The van der Waals surface area contributed by atoms with E-state index in [1.807, 2.05) is 6.92 Å². The molecule has 0 aliphatic carbocycles. The Balaban J connectivity index is 2.27. The van der Waals surface area contributed by atoms with Crippen LogP contribution in [0.3, 0.4) is 0 Å². The number of ketones is 1. The third kappa shape index (κ3) is 2.02. The van der Waals surface area contributed by atoms with E-state index in [1.54, 1.807) is 4.68 Å². The number of aryl methyl sites for hydroxylation is 1. The molecule has 2 heterocycles. The average molecular weight is 251 g/mol. The van der Waals surface area contributed by atoms with Crippen molar-refractivity contribution in [2.24, 2.45) is 5.41 Å². The second-order valence-corrected chi connectivity index (χ2v) is 4.60. The fourth-order valence-corrected chi connectivity index (χ4v) is 2.26. The van der Waals surface area contributed by atoms with Gasteiger partial charge in [-0.1, -0.05) is 6.92 Å². The highest BCUT2D eigenvalue weighted by Gasteiger charge is 2.49. The molecule has 1 aliphatic heterocycles. The van der Waals surface area contributed by atoms with Gasteiger partial charge in [-0.15, -0.1) is 0 Å². The molecule has 1 atom stereocenters. The van der Waals surface area contributed by atoms with Gasteiger partial charge in [0.1, 0.15) is 23.3 Å². The van der Waals surface area contributed by atoms with E-state index >= 15 is 0 Å². The van der Waals surface area contributed by atoms with Gasteiger partial charge in [0, 0.05) is 19.4 Å². The highest BCUT2D eigenvalue weighted by atomic mass is 16.5. The van der Waals surface area contributed by atoms with Gasteiger partial charge in [0.15, 0.2) is 0 Å². The van der Waals surface area contributed by atoms with E-state index in [9.17, 15) is 9.59 Å². The summed E-state index contributed by atoms with van der Waals surface area (Å²) in [6.07, 6.45) is 3.09. The second-order valence-electron chi connectivity index (χ2n) is 4.60. The summed E-state index contributed by atoms with van der Waals surface area (Å²) in [5.41, 5.74) is -1.06. The number of hydrogen-bond acceptors (Lipinski definition) is 5. The van der Waals surface area contributed by atoms with Crippen LogP contribution in [0.5, 0.6) is 0 Å². The summed E-state index contributed by atoms with van der Waals surface area (Å²) in [5, 5.41) is 4.11. The Bertz CT molecular complexity index is 469. The Morgan fingerprint density at radius 1 is 1.61 bits per heavy atom. The molecule has 2 rings (SSSR count). The zero-order valence-electron chi connectivity index (χ0n) is 10.7. The minimum atomic E-state index is -1.06. The third-order valence-corrected chi connectivity index (χ3v) is 3.42. The molecule has 1 fully saturated rings. The first-order valence-electron chi connectivity index (χ1n) is 6.15. The predicted octanol–water partition coefficient (Wildman–Crippen LogP) is 0.753. The van der Waals surface area contributed by atoms with Crippen molar-refractivity contribution in [1.29, 1.82) is 0 Å². The molecule has 0 radical (unpaired) electrons. The molecule has 6 nitrogen and oxygen atoms in total. The van der Waals surface area contributed by atoms with E-state index in [4.69, 9.17) is 4.74 Å². The molecule has 98 valence electrons. The van der Waals surface area contributed by atoms with E-state index in [1.165, 1.54) is 13.3 Å². The zero-order chi connectivity index (χ0) is 13.2. The largest absolute Gasteiger partial charge is 0.465 e. The summed E-state index contributed by atoms with van der Waals surface area (Å²) >= 11 is 0. The molecule has 0 N–H and O–H groups in total. The van der Waals surface area contributed by atoms with Crippen molar-refractivity contribution in [2.75, 3.05) is 6.61 Å². The van der Waals surface area contributed by atoms with Crippen molar-refractivity contribution < 1.29 is 14.3 Å². The van der Waals surface area contributed by atoms with Crippen molar-refractivity contribution in [2.45, 2.75) is 39.7 Å². The highest BCUT2D eigenvalue weighted by Crippen LogP contribution is 2.34. The van der Waals surface area contributed by atoms with Crippen LogP contribution in [-0.2, 0) is 27.3 Å². The molecule has 1 aliphatic rings. The van der Waals surface area contributed by atoms with E-state index in [0.29, 0.717) is 18.9 Å². The van der Waals surface area contributed by atoms with Crippen LogP contribution in [0.15, 0.2) is 6.33 Å². The number of Topliss-reactive ketones (excluding diaryl/α,β-unsaturated/α-hetero) is 1. The lowest BCUT2D eigenvalue weighted by Gasteiger charge is -2.20. The van der Waals surface area contributed by atoms with Gasteiger partial charge in [-0.3, -0.25) is 14.3 Å². The van der Waals surface area contributed by atoms with Gasteiger partial charge < -0.3 is 4.74 Å². The fourth-order valence-electron chi connectivity index (χ4n) is 2.26. The van der Waals surface area contributed by atoms with Crippen molar-refractivity contribution in [3.8, 4) is 0 Å². The maximum Gasteiger partial charge on any atom is 0.320 e. The number of rotatable bonds is 5. The molecular formula is C12H17N3O3. The number of carbonyl (C=O) groups is 2. The number of nitrogens with zero attached hydrogens (tertiary/aromatic N) is 3. The van der Waals surface area contributed by atoms with E-state index < -0.39 is 11.4 Å². The Hall–Kier alpha value is -1.72. The normalized spacial score (nSPS) is 23.1. The number of esters is 1. The van der Waals surface area contributed by atoms with E-state index in [-0.39, 0.29) is 12.2 Å². The lowest BCUT2D eigenvalue weighted by atomic mass is 9.79. The molecule has 0 aromatic carbocycles. The number of hydrogen-bond donors (Lipinski definition) is 0. The molecular weight excluding hydrogens is 234 g/mol. The Kier molecular flexibility index (Phi) is 3.45. The maximum absolute atomic E-state index is 11.8. The average Bonchev–Trinajstić information content (AvgIpc) is 2.89. The van der Waals surface area contributed by atoms with Crippen molar-refractivity contribution in [3.63, 3.8) is 0 Å². The summed E-state index contributed by atoms with van der Waals surface area (Å²) in [6, 6.07) is 0. The highest BCUT2D eigenvalue weighted by molar-refractivity contribution is 6.03. The van der Waals surface area contributed by atoms with Gasteiger partial charge in [-0.2, -0.15) is 5.10 Å². The van der Waals surface area contributed by atoms with Crippen LogP contribution in [0.25, 0.3) is 0 Å². The number of cyclic esters (lactones) is 1. The second kappa shape index (κ2) is 4.88. The first-order valence-corrected chi connectivity index (χ1v) is 6.15.